The highest BCUT2D eigenvalue weighted by atomic mass is 79.9. The van der Waals surface area contributed by atoms with Crippen LogP contribution in [0.5, 0.6) is 0 Å². The van der Waals surface area contributed by atoms with Crippen LogP contribution in [0.1, 0.15) is 10.4 Å². The summed E-state index contributed by atoms with van der Waals surface area (Å²) in [4.78, 5) is 11.8. The molecule has 1 N–H and O–H groups in total. The number of carboxylic acid groups (broad SMARTS) is 1. The van der Waals surface area contributed by atoms with E-state index in [0.29, 0.717) is 9.35 Å². The van der Waals surface area contributed by atoms with Crippen LogP contribution in [0.25, 0.3) is 11.6 Å². The molecule has 2 aromatic rings. The van der Waals surface area contributed by atoms with Gasteiger partial charge in [0.25, 0.3) is 0 Å². The van der Waals surface area contributed by atoms with Gasteiger partial charge in [-0.25, -0.2) is 9.18 Å². The zero-order valence-corrected chi connectivity index (χ0v) is 11.5. The van der Waals surface area contributed by atoms with E-state index in [0.717, 1.165) is 0 Å². The van der Waals surface area contributed by atoms with Crippen LogP contribution in [-0.2, 0) is 4.79 Å². The Morgan fingerprint density at radius 3 is 2.72 bits per heavy atom. The summed E-state index contributed by atoms with van der Waals surface area (Å²) in [6.45, 7) is 0. The normalized spacial score (nSPS) is 11.6. The number of thiophene rings is 1. The summed E-state index contributed by atoms with van der Waals surface area (Å²) in [5.74, 6) is -1.53. The molecule has 0 fully saturated rings. The molecule has 0 atom stereocenters. The molecule has 0 aliphatic heterocycles. The maximum Gasteiger partial charge on any atom is 0.337 e. The van der Waals surface area contributed by atoms with Gasteiger partial charge in [-0.1, -0.05) is 28.1 Å². The Morgan fingerprint density at radius 2 is 2.17 bits per heavy atom. The van der Waals surface area contributed by atoms with Gasteiger partial charge in [-0.3, -0.25) is 0 Å². The molecule has 1 aromatic carbocycles. The molecule has 0 saturated heterocycles. The Labute approximate surface area is 116 Å². The minimum atomic E-state index is -1.07. The van der Waals surface area contributed by atoms with E-state index in [4.69, 9.17) is 5.11 Å². The Hall–Kier alpha value is -1.46. The zero-order chi connectivity index (χ0) is 13.1. The third-order valence-electron chi connectivity index (χ3n) is 2.28. The maximum absolute atomic E-state index is 13.7. The predicted octanol–water partition coefficient (Wildman–Crippen LogP) is 4.27. The highest BCUT2D eigenvalue weighted by Gasteiger charge is 2.12. The Bertz CT molecular complexity index is 605. The van der Waals surface area contributed by atoms with E-state index < -0.39 is 11.8 Å². The second-order valence-electron chi connectivity index (χ2n) is 3.51. The fourth-order valence-electron chi connectivity index (χ4n) is 1.44. The van der Waals surface area contributed by atoms with Crippen molar-refractivity contribution in [3.8, 4) is 0 Å². The van der Waals surface area contributed by atoms with Gasteiger partial charge in [-0.15, -0.1) is 11.3 Å². The highest BCUT2D eigenvalue weighted by Crippen LogP contribution is 2.25. The number of benzene rings is 1. The van der Waals surface area contributed by atoms with E-state index in [1.54, 1.807) is 23.6 Å². The minimum absolute atomic E-state index is 0.0891. The van der Waals surface area contributed by atoms with Gasteiger partial charge in [-0.05, 0) is 29.7 Å². The number of hydrogen-bond acceptors (Lipinski definition) is 2. The third kappa shape index (κ3) is 2.86. The summed E-state index contributed by atoms with van der Waals surface area (Å²) < 4.78 is 14.3. The quantitative estimate of drug-likeness (QED) is 0.855. The first-order valence-electron chi connectivity index (χ1n) is 5.02. The van der Waals surface area contributed by atoms with E-state index in [2.05, 4.69) is 15.9 Å². The van der Waals surface area contributed by atoms with Gasteiger partial charge in [0.1, 0.15) is 5.82 Å². The summed E-state index contributed by atoms with van der Waals surface area (Å²) in [6.07, 6.45) is 1.34. The standard InChI is InChI=1S/C13H8BrFO2S/c14-9-4-3-8(11(15)7-9)6-10(13(16)17)12-2-1-5-18-12/h1-7H,(H,16,17)/b10-6-. The molecule has 0 aliphatic carbocycles. The van der Waals surface area contributed by atoms with Crippen LogP contribution in [0.15, 0.2) is 40.2 Å². The van der Waals surface area contributed by atoms with Crippen LogP contribution in [0, 0.1) is 5.82 Å². The lowest BCUT2D eigenvalue weighted by molar-refractivity contribution is -0.130. The van der Waals surface area contributed by atoms with Gasteiger partial charge in [0, 0.05) is 14.9 Å². The fraction of sp³-hybridized carbons (Fsp3) is 0. The molecule has 2 rings (SSSR count). The van der Waals surface area contributed by atoms with Gasteiger partial charge in [0.05, 0.1) is 5.57 Å². The van der Waals surface area contributed by atoms with Gasteiger partial charge in [0.15, 0.2) is 0 Å². The topological polar surface area (TPSA) is 37.3 Å². The van der Waals surface area contributed by atoms with Crippen LogP contribution in [0.3, 0.4) is 0 Å². The second-order valence-corrected chi connectivity index (χ2v) is 5.37. The van der Waals surface area contributed by atoms with Crippen molar-refractivity contribution in [1.29, 1.82) is 0 Å². The van der Waals surface area contributed by atoms with Crippen molar-refractivity contribution in [2.45, 2.75) is 0 Å². The van der Waals surface area contributed by atoms with Crippen molar-refractivity contribution in [2.75, 3.05) is 0 Å². The molecular formula is C13H8BrFO2S. The Kier molecular flexibility index (Phi) is 3.93. The molecular weight excluding hydrogens is 319 g/mol. The SMILES string of the molecule is O=C(O)/C(=C\c1ccc(Br)cc1F)c1cccs1. The lowest BCUT2D eigenvalue weighted by Gasteiger charge is -2.01. The average Bonchev–Trinajstić information content (AvgIpc) is 2.80. The smallest absolute Gasteiger partial charge is 0.337 e. The number of carbonyl (C=O) groups is 1. The van der Waals surface area contributed by atoms with Crippen LogP contribution >= 0.6 is 27.3 Å². The molecule has 92 valence electrons. The molecule has 0 amide bonds. The van der Waals surface area contributed by atoms with Crippen molar-refractivity contribution in [3.63, 3.8) is 0 Å². The molecule has 1 aromatic heterocycles. The van der Waals surface area contributed by atoms with E-state index in [-0.39, 0.29) is 11.1 Å². The second kappa shape index (κ2) is 5.46. The maximum atomic E-state index is 13.7. The Balaban J connectivity index is 2.49. The monoisotopic (exact) mass is 326 g/mol. The zero-order valence-electron chi connectivity index (χ0n) is 9.06. The fourth-order valence-corrected chi connectivity index (χ4v) is 2.51. The van der Waals surface area contributed by atoms with Crippen LogP contribution in [-0.4, -0.2) is 11.1 Å². The number of halogens is 2. The van der Waals surface area contributed by atoms with E-state index in [1.165, 1.54) is 29.5 Å². The van der Waals surface area contributed by atoms with Crippen molar-refractivity contribution < 1.29 is 14.3 Å². The molecule has 2 nitrogen and oxygen atoms in total. The van der Waals surface area contributed by atoms with Crippen molar-refractivity contribution in [1.82, 2.24) is 0 Å². The van der Waals surface area contributed by atoms with Crippen molar-refractivity contribution in [2.24, 2.45) is 0 Å². The van der Waals surface area contributed by atoms with Gasteiger partial charge < -0.3 is 5.11 Å². The first-order valence-corrected chi connectivity index (χ1v) is 6.69. The molecule has 1 heterocycles. The van der Waals surface area contributed by atoms with Gasteiger partial charge in [-0.2, -0.15) is 0 Å². The van der Waals surface area contributed by atoms with E-state index >= 15 is 0 Å². The van der Waals surface area contributed by atoms with Gasteiger partial charge >= 0.3 is 5.97 Å². The molecule has 0 saturated carbocycles. The lowest BCUT2D eigenvalue weighted by Crippen LogP contribution is -1.98. The van der Waals surface area contributed by atoms with Crippen molar-refractivity contribution >= 4 is 44.9 Å². The molecule has 0 bridgehead atoms. The van der Waals surface area contributed by atoms with E-state index in [9.17, 15) is 9.18 Å². The largest absolute Gasteiger partial charge is 0.478 e. The first kappa shape index (κ1) is 13.0. The summed E-state index contributed by atoms with van der Waals surface area (Å²) in [7, 11) is 0. The predicted molar refractivity (Wildman–Crippen MR) is 73.9 cm³/mol. The number of hydrogen-bond donors (Lipinski definition) is 1. The van der Waals surface area contributed by atoms with Crippen molar-refractivity contribution in [3.05, 3.63) is 56.4 Å². The molecule has 0 unspecified atom stereocenters. The van der Waals surface area contributed by atoms with Gasteiger partial charge in [0.2, 0.25) is 0 Å². The van der Waals surface area contributed by atoms with Crippen LogP contribution in [0.4, 0.5) is 4.39 Å². The van der Waals surface area contributed by atoms with E-state index in [1.807, 2.05) is 0 Å². The third-order valence-corrected chi connectivity index (χ3v) is 3.68. The summed E-state index contributed by atoms with van der Waals surface area (Å²) in [6, 6.07) is 7.97. The van der Waals surface area contributed by atoms with Crippen LogP contribution < -0.4 is 0 Å². The Morgan fingerprint density at radius 1 is 1.39 bits per heavy atom. The molecule has 5 heteroatoms. The molecule has 0 aliphatic rings. The summed E-state index contributed by atoms with van der Waals surface area (Å²) in [5.41, 5.74) is 0.343. The van der Waals surface area contributed by atoms with Crippen LogP contribution in [0.2, 0.25) is 0 Å². The molecule has 0 radical (unpaired) electrons. The summed E-state index contributed by atoms with van der Waals surface area (Å²) in [5, 5.41) is 10.9. The first-order chi connectivity index (χ1) is 8.58. The average molecular weight is 327 g/mol. The number of aliphatic carboxylic acids is 1. The summed E-state index contributed by atoms with van der Waals surface area (Å²) >= 11 is 4.46. The number of carboxylic acids is 1. The lowest BCUT2D eigenvalue weighted by atomic mass is 10.1. The molecule has 0 spiro atoms. The highest BCUT2D eigenvalue weighted by molar-refractivity contribution is 9.10. The molecule has 18 heavy (non-hydrogen) atoms. The number of rotatable bonds is 3. The minimum Gasteiger partial charge on any atom is -0.478 e.